The molecule has 0 radical (unpaired) electrons. The van der Waals surface area contributed by atoms with Gasteiger partial charge in [-0.25, -0.2) is 0 Å². The van der Waals surface area contributed by atoms with Crippen LogP contribution in [0.3, 0.4) is 0 Å². The van der Waals surface area contributed by atoms with E-state index in [1.54, 1.807) is 48.8 Å². The van der Waals surface area contributed by atoms with Gasteiger partial charge in [0.1, 0.15) is 29.7 Å². The van der Waals surface area contributed by atoms with Crippen molar-refractivity contribution in [3.8, 4) is 0 Å². The number of likely N-dealkylation sites (N-methyl/N-ethyl adjacent to an activating group) is 1. The summed E-state index contributed by atoms with van der Waals surface area (Å²) in [4.78, 5) is 29.9. The Bertz CT molecular complexity index is 1180. The lowest BCUT2D eigenvalue weighted by Gasteiger charge is -2.49. The average molecular weight is 748 g/mol. The monoisotopic (exact) mass is 747 g/mol. The zero-order chi connectivity index (χ0) is 39.7. The first kappa shape index (κ1) is 45.1. The first-order valence-corrected chi connectivity index (χ1v) is 18.9. The van der Waals surface area contributed by atoms with Gasteiger partial charge in [-0.2, -0.15) is 0 Å². The summed E-state index contributed by atoms with van der Waals surface area (Å²) in [6, 6.07) is -0.312. The number of cyclic esters (lactones) is 1. The highest BCUT2D eigenvalue weighted by Gasteiger charge is 2.53. The number of carbonyl (C=O) groups is 2. The molecule has 52 heavy (non-hydrogen) atoms. The Labute approximate surface area is 310 Å². The number of hydrogen-bond donors (Lipinski definition) is 4. The molecule has 3 saturated heterocycles. The third-order valence-electron chi connectivity index (χ3n) is 12.0. The molecule has 0 amide bonds. The number of hydrogen-bond acceptors (Lipinski definition) is 14. The van der Waals surface area contributed by atoms with Crippen molar-refractivity contribution in [2.75, 3.05) is 28.3 Å². The summed E-state index contributed by atoms with van der Waals surface area (Å²) >= 11 is 0. The van der Waals surface area contributed by atoms with Crippen LogP contribution < -0.4 is 0 Å². The summed E-state index contributed by atoms with van der Waals surface area (Å²) in [5, 5.41) is 46.9. The highest BCUT2D eigenvalue weighted by Crippen LogP contribution is 2.41. The highest BCUT2D eigenvalue weighted by atomic mass is 16.7. The van der Waals surface area contributed by atoms with Gasteiger partial charge in [0.25, 0.3) is 0 Å². The Morgan fingerprint density at radius 3 is 2.04 bits per heavy atom. The second-order valence-electron chi connectivity index (χ2n) is 16.7. The molecule has 14 heteroatoms. The van der Waals surface area contributed by atoms with Gasteiger partial charge in [-0.3, -0.25) is 9.59 Å². The molecule has 0 aromatic carbocycles. The second-order valence-corrected chi connectivity index (χ2v) is 16.7. The van der Waals surface area contributed by atoms with Gasteiger partial charge in [-0.15, -0.1) is 0 Å². The third-order valence-corrected chi connectivity index (χ3v) is 12.0. The summed E-state index contributed by atoms with van der Waals surface area (Å²) in [6.07, 6.45) is -8.53. The van der Waals surface area contributed by atoms with Gasteiger partial charge >= 0.3 is 5.97 Å². The smallest absolute Gasteiger partial charge is 0.311 e. The maximum Gasteiger partial charge on any atom is 0.311 e. The molecule has 3 aliphatic heterocycles. The minimum atomic E-state index is -1.98. The summed E-state index contributed by atoms with van der Waals surface area (Å²) < 4.78 is 43.4. The first-order chi connectivity index (χ1) is 24.0. The number of aliphatic hydroxyl groups is 4. The first-order valence-electron chi connectivity index (χ1n) is 18.9. The van der Waals surface area contributed by atoms with E-state index in [0.717, 1.165) is 0 Å². The fourth-order valence-electron chi connectivity index (χ4n) is 8.84. The normalized spacial score (nSPS) is 49.0. The Balaban J connectivity index is 2.19. The molecule has 304 valence electrons. The number of ketones is 1. The molecule has 3 fully saturated rings. The number of carbonyl (C=O) groups excluding carboxylic acids is 2. The van der Waals surface area contributed by atoms with Crippen molar-refractivity contribution >= 4 is 11.8 Å². The van der Waals surface area contributed by atoms with E-state index < -0.39 is 108 Å². The molecule has 3 heterocycles. The van der Waals surface area contributed by atoms with E-state index >= 15 is 0 Å². The molecule has 0 aromatic rings. The maximum absolute atomic E-state index is 14.1. The molecule has 4 N–H and O–H groups in total. The molecule has 0 aromatic heterocycles. The molecule has 0 saturated carbocycles. The van der Waals surface area contributed by atoms with Crippen LogP contribution in [0.5, 0.6) is 0 Å². The van der Waals surface area contributed by atoms with E-state index in [0.29, 0.717) is 6.42 Å². The van der Waals surface area contributed by atoms with Crippen LogP contribution >= 0.6 is 0 Å². The molecular formula is C38H69NO13. The van der Waals surface area contributed by atoms with Crippen molar-refractivity contribution in [2.24, 2.45) is 23.7 Å². The van der Waals surface area contributed by atoms with Crippen LogP contribution in [0.2, 0.25) is 0 Å². The number of Topliss-reactive ketones (excluding diaryl/α,β-unsaturated/α-hetero) is 1. The van der Waals surface area contributed by atoms with Gasteiger partial charge < -0.3 is 58.5 Å². The van der Waals surface area contributed by atoms with E-state index in [1.165, 1.54) is 13.8 Å². The van der Waals surface area contributed by atoms with Crippen molar-refractivity contribution < 1.29 is 63.2 Å². The van der Waals surface area contributed by atoms with E-state index in [9.17, 15) is 30.0 Å². The largest absolute Gasteiger partial charge is 0.459 e. The van der Waals surface area contributed by atoms with Gasteiger partial charge in [0, 0.05) is 44.4 Å². The molecule has 18 atom stereocenters. The van der Waals surface area contributed by atoms with Crippen LogP contribution in [0.4, 0.5) is 0 Å². The standard InChI is InChI=1S/C38H69NO13/c1-15-26-38(10,45)31(42)21(4)28(40)19(2)17-36(8,44)32(52-35-29(41)25(39(11)12)16-20(3)48-35)22(5)30(23(6)34(43)50-26)51-27-18-37(9,47-14)33(46-13)24(7)49-27/h19-27,29-33,35,41-42,44-45H,15-18H2,1-14H3/t19-,20-,21+,22+,23-,24+,25+,26-,27+,29-,30+,31-,32-,33+,35+,36-,37-,38-/m1/s1. The summed E-state index contributed by atoms with van der Waals surface area (Å²) in [5.41, 5.74) is -4.58. The highest BCUT2D eigenvalue weighted by molar-refractivity contribution is 5.83. The summed E-state index contributed by atoms with van der Waals surface area (Å²) in [7, 11) is 6.88. The molecule has 3 rings (SSSR count). The van der Waals surface area contributed by atoms with Crippen LogP contribution in [-0.2, 0) is 42.7 Å². The number of esters is 1. The quantitative estimate of drug-likeness (QED) is 0.266. The van der Waals surface area contributed by atoms with Gasteiger partial charge in [0.15, 0.2) is 12.6 Å². The molecule has 0 spiro atoms. The average Bonchev–Trinajstić information content (AvgIpc) is 3.06. The SMILES string of the molecule is CC[C@H]1OC(=O)[C@H](C)[C@@H](O[C@H]2C[C@@](C)(OC)[C@@H](OC)[C@H](C)O2)[C@H](C)[C@@H](O[C@@H]2O[C@H](C)C[C@H](N(C)C)[C@H]2O)[C@](C)(O)C[C@@H](C)C(=O)[C@H](C)[C@@H](O)[C@]1(C)O. The van der Waals surface area contributed by atoms with Crippen molar-refractivity contribution in [1.82, 2.24) is 4.90 Å². The Hall–Kier alpha value is -1.30. The second kappa shape index (κ2) is 17.7. The summed E-state index contributed by atoms with van der Waals surface area (Å²) in [6.45, 7) is 16.8. The van der Waals surface area contributed by atoms with Gasteiger partial charge in [0.05, 0.1) is 47.6 Å². The lowest BCUT2D eigenvalue weighted by atomic mass is 9.74. The van der Waals surface area contributed by atoms with Crippen molar-refractivity contribution in [3.05, 3.63) is 0 Å². The summed E-state index contributed by atoms with van der Waals surface area (Å²) in [5.74, 6) is -4.85. The van der Waals surface area contributed by atoms with Gasteiger partial charge in [0.2, 0.25) is 0 Å². The van der Waals surface area contributed by atoms with Crippen molar-refractivity contribution in [3.63, 3.8) is 0 Å². The van der Waals surface area contributed by atoms with Crippen LogP contribution in [0.25, 0.3) is 0 Å². The van der Waals surface area contributed by atoms with Crippen LogP contribution in [-0.4, -0.2) is 150 Å². The van der Waals surface area contributed by atoms with Crippen LogP contribution in [0.15, 0.2) is 0 Å². The molecule has 3 aliphatic rings. The molecule has 0 aliphatic carbocycles. The molecule has 0 unspecified atom stereocenters. The Morgan fingerprint density at radius 2 is 1.50 bits per heavy atom. The van der Waals surface area contributed by atoms with Crippen LogP contribution in [0.1, 0.15) is 94.9 Å². The van der Waals surface area contributed by atoms with Crippen molar-refractivity contribution in [2.45, 2.75) is 179 Å². The van der Waals surface area contributed by atoms with Gasteiger partial charge in [-0.1, -0.05) is 27.7 Å². The lowest BCUT2D eigenvalue weighted by Crippen LogP contribution is -2.61. The molecular weight excluding hydrogens is 678 g/mol. The molecule has 14 nitrogen and oxygen atoms in total. The van der Waals surface area contributed by atoms with Crippen LogP contribution in [0, 0.1) is 23.7 Å². The lowest BCUT2D eigenvalue weighted by molar-refractivity contribution is -0.319. The molecule has 0 bridgehead atoms. The Kier molecular flexibility index (Phi) is 15.3. The van der Waals surface area contributed by atoms with E-state index in [2.05, 4.69) is 0 Å². The minimum Gasteiger partial charge on any atom is -0.459 e. The maximum atomic E-state index is 14.1. The minimum absolute atomic E-state index is 0.119. The fraction of sp³-hybridized carbons (Fsp3) is 0.947. The third kappa shape index (κ3) is 9.55. The van der Waals surface area contributed by atoms with E-state index in [-0.39, 0.29) is 31.4 Å². The number of ether oxygens (including phenoxy) is 7. The zero-order valence-electron chi connectivity index (χ0n) is 33.9. The topological polar surface area (TPSA) is 183 Å². The van der Waals surface area contributed by atoms with E-state index in [4.69, 9.17) is 33.2 Å². The number of rotatable bonds is 8. The fourth-order valence-corrected chi connectivity index (χ4v) is 8.84. The number of aliphatic hydroxyl groups excluding tert-OH is 2. The predicted molar refractivity (Wildman–Crippen MR) is 191 cm³/mol. The van der Waals surface area contributed by atoms with Crippen molar-refractivity contribution in [1.29, 1.82) is 0 Å². The van der Waals surface area contributed by atoms with Gasteiger partial charge in [-0.05, 0) is 74.9 Å². The zero-order valence-corrected chi connectivity index (χ0v) is 33.9. The number of methoxy groups -OCH3 is 2. The number of nitrogens with zero attached hydrogens (tertiary/aromatic N) is 1. The Morgan fingerprint density at radius 1 is 0.885 bits per heavy atom. The predicted octanol–water partition coefficient (Wildman–Crippen LogP) is 2.44. The van der Waals surface area contributed by atoms with E-state index in [1.807, 2.05) is 39.8 Å².